The van der Waals surface area contributed by atoms with Crippen molar-refractivity contribution < 1.29 is 8.42 Å². The number of rotatable bonds is 6. The van der Waals surface area contributed by atoms with Crippen molar-refractivity contribution in [3.05, 3.63) is 21.9 Å². The first kappa shape index (κ1) is 15.9. The lowest BCUT2D eigenvalue weighted by atomic mass is 9.99. The summed E-state index contributed by atoms with van der Waals surface area (Å²) in [7, 11) is -3.36. The van der Waals surface area contributed by atoms with E-state index < -0.39 is 10.2 Å². The Morgan fingerprint density at radius 1 is 1.35 bits per heavy atom. The van der Waals surface area contributed by atoms with E-state index in [0.717, 1.165) is 24.1 Å². The Balaban J connectivity index is 1.88. The standard InChI is InChI=1S/C13H23N3O2S2/c1-2-12-3-4-13(19-12)10-15-20(17,18)16-7-5-11(9-14)6-8-16/h3-4,11,15H,2,5-10,14H2,1H3. The van der Waals surface area contributed by atoms with Crippen LogP contribution in [-0.2, 0) is 23.2 Å². The fourth-order valence-electron chi connectivity index (χ4n) is 2.35. The molecule has 1 saturated heterocycles. The molecular formula is C13H23N3O2S2. The Kier molecular flexibility index (Phi) is 5.57. The smallest absolute Gasteiger partial charge is 0.279 e. The minimum Gasteiger partial charge on any atom is -0.330 e. The summed E-state index contributed by atoms with van der Waals surface area (Å²) >= 11 is 1.66. The van der Waals surface area contributed by atoms with Gasteiger partial charge in [0.25, 0.3) is 10.2 Å². The van der Waals surface area contributed by atoms with Crippen molar-refractivity contribution >= 4 is 21.5 Å². The first-order valence-electron chi connectivity index (χ1n) is 7.07. The van der Waals surface area contributed by atoms with Crippen LogP contribution in [0.5, 0.6) is 0 Å². The van der Waals surface area contributed by atoms with Crippen LogP contribution in [0.25, 0.3) is 0 Å². The molecule has 0 bridgehead atoms. The molecule has 1 aromatic heterocycles. The third-order valence-corrected chi connectivity index (χ3v) is 6.52. The van der Waals surface area contributed by atoms with Crippen molar-refractivity contribution in [2.75, 3.05) is 19.6 Å². The Morgan fingerprint density at radius 2 is 2.00 bits per heavy atom. The quantitative estimate of drug-likeness (QED) is 0.831. The highest BCUT2D eigenvalue weighted by atomic mass is 32.2. The van der Waals surface area contributed by atoms with Crippen LogP contribution in [0.1, 0.15) is 29.5 Å². The lowest BCUT2D eigenvalue weighted by Gasteiger charge is -2.30. The van der Waals surface area contributed by atoms with Gasteiger partial charge in [0.05, 0.1) is 0 Å². The maximum absolute atomic E-state index is 12.2. The Bertz CT molecular complexity index is 519. The summed E-state index contributed by atoms with van der Waals surface area (Å²) in [5.74, 6) is 0.464. The van der Waals surface area contributed by atoms with Gasteiger partial charge >= 0.3 is 0 Å². The second kappa shape index (κ2) is 7.00. The van der Waals surface area contributed by atoms with Gasteiger partial charge < -0.3 is 5.73 Å². The predicted molar refractivity (Wildman–Crippen MR) is 82.8 cm³/mol. The summed E-state index contributed by atoms with van der Waals surface area (Å²) < 4.78 is 28.7. The summed E-state index contributed by atoms with van der Waals surface area (Å²) in [5.41, 5.74) is 5.63. The lowest BCUT2D eigenvalue weighted by Crippen LogP contribution is -2.45. The second-order valence-corrected chi connectivity index (χ2v) is 8.13. The highest BCUT2D eigenvalue weighted by Crippen LogP contribution is 2.19. The molecule has 1 fully saturated rings. The number of nitrogens with two attached hydrogens (primary N) is 1. The fourth-order valence-corrected chi connectivity index (χ4v) is 4.55. The van der Waals surface area contributed by atoms with E-state index >= 15 is 0 Å². The molecule has 0 saturated carbocycles. The van der Waals surface area contributed by atoms with Gasteiger partial charge in [-0.3, -0.25) is 0 Å². The number of thiophene rings is 1. The van der Waals surface area contributed by atoms with Gasteiger partial charge in [0.15, 0.2) is 0 Å². The fraction of sp³-hybridized carbons (Fsp3) is 0.692. The molecule has 0 aromatic carbocycles. The molecule has 5 nitrogen and oxygen atoms in total. The monoisotopic (exact) mass is 317 g/mol. The van der Waals surface area contributed by atoms with E-state index in [1.165, 1.54) is 9.18 Å². The topological polar surface area (TPSA) is 75.4 Å². The minimum atomic E-state index is -3.36. The van der Waals surface area contributed by atoms with Gasteiger partial charge in [-0.05, 0) is 43.9 Å². The van der Waals surface area contributed by atoms with Gasteiger partial charge in [0, 0.05) is 29.4 Å². The first-order valence-corrected chi connectivity index (χ1v) is 9.33. The zero-order valence-electron chi connectivity index (χ0n) is 11.8. The molecule has 0 unspecified atom stereocenters. The van der Waals surface area contributed by atoms with Crippen molar-refractivity contribution in [2.24, 2.45) is 11.7 Å². The summed E-state index contributed by atoms with van der Waals surface area (Å²) in [4.78, 5) is 2.34. The summed E-state index contributed by atoms with van der Waals surface area (Å²) in [6.07, 6.45) is 2.71. The molecule has 0 spiro atoms. The van der Waals surface area contributed by atoms with Crippen molar-refractivity contribution in [3.63, 3.8) is 0 Å². The number of nitrogens with zero attached hydrogens (tertiary/aromatic N) is 1. The van der Waals surface area contributed by atoms with Crippen molar-refractivity contribution in [3.8, 4) is 0 Å². The molecule has 3 N–H and O–H groups in total. The number of piperidine rings is 1. The van der Waals surface area contributed by atoms with Gasteiger partial charge in [0.2, 0.25) is 0 Å². The number of hydrogen-bond donors (Lipinski definition) is 2. The van der Waals surface area contributed by atoms with Crippen LogP contribution in [-0.4, -0.2) is 32.4 Å². The van der Waals surface area contributed by atoms with Crippen molar-refractivity contribution in [1.29, 1.82) is 0 Å². The maximum Gasteiger partial charge on any atom is 0.279 e. The third-order valence-electron chi connectivity index (χ3n) is 3.74. The Morgan fingerprint density at radius 3 is 2.55 bits per heavy atom. The molecule has 20 heavy (non-hydrogen) atoms. The SMILES string of the molecule is CCc1ccc(CNS(=O)(=O)N2CCC(CN)CC2)s1. The molecule has 1 aliphatic rings. The Labute approximate surface area is 125 Å². The van der Waals surface area contributed by atoms with Gasteiger partial charge in [0.1, 0.15) is 0 Å². The van der Waals surface area contributed by atoms with E-state index in [4.69, 9.17) is 5.73 Å². The third kappa shape index (κ3) is 4.02. The molecular weight excluding hydrogens is 294 g/mol. The number of hydrogen-bond acceptors (Lipinski definition) is 4. The van der Waals surface area contributed by atoms with Crippen molar-refractivity contribution in [2.45, 2.75) is 32.7 Å². The van der Waals surface area contributed by atoms with E-state index in [0.29, 0.717) is 32.1 Å². The second-order valence-electron chi connectivity index (χ2n) is 5.13. The molecule has 1 aliphatic heterocycles. The van der Waals surface area contributed by atoms with E-state index in [9.17, 15) is 8.42 Å². The molecule has 0 aliphatic carbocycles. The number of aryl methyl sites for hydroxylation is 1. The van der Waals surface area contributed by atoms with Crippen LogP contribution in [0.3, 0.4) is 0 Å². The summed E-state index contributed by atoms with van der Waals surface area (Å²) in [6.45, 7) is 4.27. The normalized spacial score (nSPS) is 18.5. The predicted octanol–water partition coefficient (Wildman–Crippen LogP) is 1.32. The van der Waals surface area contributed by atoms with E-state index in [1.807, 2.05) is 6.07 Å². The minimum absolute atomic E-state index is 0.379. The van der Waals surface area contributed by atoms with Crippen LogP contribution in [0, 0.1) is 5.92 Å². The van der Waals surface area contributed by atoms with Crippen LogP contribution >= 0.6 is 11.3 Å². The van der Waals surface area contributed by atoms with Gasteiger partial charge in [-0.1, -0.05) is 6.92 Å². The van der Waals surface area contributed by atoms with Crippen LogP contribution in [0.15, 0.2) is 12.1 Å². The Hall–Kier alpha value is -0.470. The zero-order valence-corrected chi connectivity index (χ0v) is 13.5. The average molecular weight is 317 g/mol. The molecule has 0 amide bonds. The molecule has 2 rings (SSSR count). The van der Waals surface area contributed by atoms with Gasteiger partial charge in [-0.15, -0.1) is 11.3 Å². The summed E-state index contributed by atoms with van der Waals surface area (Å²) in [5, 5.41) is 0. The van der Waals surface area contributed by atoms with E-state index in [2.05, 4.69) is 17.7 Å². The van der Waals surface area contributed by atoms with Crippen molar-refractivity contribution in [1.82, 2.24) is 9.03 Å². The van der Waals surface area contributed by atoms with Crippen LogP contribution in [0.2, 0.25) is 0 Å². The summed E-state index contributed by atoms with van der Waals surface area (Å²) in [6, 6.07) is 4.05. The lowest BCUT2D eigenvalue weighted by molar-refractivity contribution is 0.276. The highest BCUT2D eigenvalue weighted by Gasteiger charge is 2.27. The largest absolute Gasteiger partial charge is 0.330 e. The molecule has 7 heteroatoms. The molecule has 1 aromatic rings. The average Bonchev–Trinajstić information content (AvgIpc) is 2.93. The maximum atomic E-state index is 12.2. The van der Waals surface area contributed by atoms with Crippen LogP contribution in [0.4, 0.5) is 0 Å². The first-order chi connectivity index (χ1) is 9.55. The van der Waals surface area contributed by atoms with Gasteiger partial charge in [-0.25, -0.2) is 0 Å². The number of nitrogens with one attached hydrogen (secondary N) is 1. The van der Waals surface area contributed by atoms with E-state index in [1.54, 1.807) is 11.3 Å². The molecule has 2 heterocycles. The zero-order chi connectivity index (χ0) is 14.6. The molecule has 0 radical (unpaired) electrons. The van der Waals surface area contributed by atoms with Gasteiger partial charge in [-0.2, -0.15) is 17.4 Å². The molecule has 0 atom stereocenters. The highest BCUT2D eigenvalue weighted by molar-refractivity contribution is 7.87. The van der Waals surface area contributed by atoms with E-state index in [-0.39, 0.29) is 0 Å². The molecule has 114 valence electrons. The van der Waals surface area contributed by atoms with Crippen LogP contribution < -0.4 is 10.5 Å².